The van der Waals surface area contributed by atoms with Gasteiger partial charge in [0.15, 0.2) is 0 Å². The van der Waals surface area contributed by atoms with Gasteiger partial charge in [0.05, 0.1) is 0 Å². The van der Waals surface area contributed by atoms with Gasteiger partial charge < -0.3 is 10.6 Å². The molecule has 0 radical (unpaired) electrons. The summed E-state index contributed by atoms with van der Waals surface area (Å²) in [5.41, 5.74) is 1.86. The van der Waals surface area contributed by atoms with Crippen molar-refractivity contribution in [3.63, 3.8) is 0 Å². The molecule has 0 spiro atoms. The minimum absolute atomic E-state index is 0.299. The van der Waals surface area contributed by atoms with E-state index in [0.29, 0.717) is 22.8 Å². The standard InChI is InChI=1S/C15H14ClFN2O/c1-10-8-12(6-7-14(10)17)19-15(20)18-9-11-4-2-3-5-13(11)16/h2-8H,9H2,1H3,(H2,18,19,20). The van der Waals surface area contributed by atoms with Crippen LogP contribution in [0.4, 0.5) is 14.9 Å². The molecular weight excluding hydrogens is 279 g/mol. The number of hydrogen-bond acceptors (Lipinski definition) is 1. The second-order valence-corrected chi connectivity index (χ2v) is 4.77. The maximum Gasteiger partial charge on any atom is 0.319 e. The molecule has 0 aliphatic rings. The van der Waals surface area contributed by atoms with E-state index in [0.717, 1.165) is 5.56 Å². The molecule has 2 aromatic carbocycles. The summed E-state index contributed by atoms with van der Waals surface area (Å²) in [5, 5.41) is 5.94. The molecule has 5 heteroatoms. The van der Waals surface area contributed by atoms with Crippen LogP contribution in [0.15, 0.2) is 42.5 Å². The van der Waals surface area contributed by atoms with Crippen molar-refractivity contribution in [3.8, 4) is 0 Å². The molecule has 2 N–H and O–H groups in total. The van der Waals surface area contributed by atoms with Gasteiger partial charge in [-0.2, -0.15) is 0 Å². The normalized spacial score (nSPS) is 10.2. The molecule has 0 bridgehead atoms. The Morgan fingerprint density at radius 3 is 2.70 bits per heavy atom. The number of carbonyl (C=O) groups excluding carboxylic acids is 1. The van der Waals surface area contributed by atoms with Crippen molar-refractivity contribution < 1.29 is 9.18 Å². The molecule has 0 aromatic heterocycles. The number of aryl methyl sites for hydroxylation is 1. The number of nitrogens with one attached hydrogen (secondary N) is 2. The lowest BCUT2D eigenvalue weighted by Crippen LogP contribution is -2.28. The molecule has 0 atom stereocenters. The zero-order valence-corrected chi connectivity index (χ0v) is 11.7. The Kier molecular flexibility index (Phi) is 4.58. The maximum atomic E-state index is 13.1. The number of halogens is 2. The van der Waals surface area contributed by atoms with Crippen molar-refractivity contribution in [1.82, 2.24) is 5.32 Å². The number of carbonyl (C=O) groups is 1. The Morgan fingerprint density at radius 1 is 1.25 bits per heavy atom. The van der Waals surface area contributed by atoms with E-state index in [1.165, 1.54) is 12.1 Å². The third kappa shape index (κ3) is 3.71. The Morgan fingerprint density at radius 2 is 2.00 bits per heavy atom. The van der Waals surface area contributed by atoms with Gasteiger partial charge in [0, 0.05) is 17.3 Å². The van der Waals surface area contributed by atoms with E-state index in [2.05, 4.69) is 10.6 Å². The summed E-state index contributed by atoms with van der Waals surface area (Å²) in [6.45, 7) is 1.97. The average molecular weight is 293 g/mol. The van der Waals surface area contributed by atoms with Gasteiger partial charge in [-0.3, -0.25) is 0 Å². The van der Waals surface area contributed by atoms with Crippen LogP contribution in [0.25, 0.3) is 0 Å². The van der Waals surface area contributed by atoms with Crippen molar-refractivity contribution >= 4 is 23.3 Å². The number of rotatable bonds is 3. The lowest BCUT2D eigenvalue weighted by atomic mass is 10.2. The monoisotopic (exact) mass is 292 g/mol. The molecule has 0 saturated carbocycles. The van der Waals surface area contributed by atoms with Crippen LogP contribution < -0.4 is 10.6 Å². The second-order valence-electron chi connectivity index (χ2n) is 4.36. The van der Waals surface area contributed by atoms with E-state index in [1.807, 2.05) is 18.2 Å². The average Bonchev–Trinajstić information content (AvgIpc) is 2.42. The molecule has 20 heavy (non-hydrogen) atoms. The van der Waals surface area contributed by atoms with Crippen molar-refractivity contribution in [2.75, 3.05) is 5.32 Å². The van der Waals surface area contributed by atoms with Crippen molar-refractivity contribution in [3.05, 3.63) is 64.4 Å². The van der Waals surface area contributed by atoms with Crippen molar-refractivity contribution in [2.24, 2.45) is 0 Å². The Balaban J connectivity index is 1.93. The Labute approximate surface area is 121 Å². The fourth-order valence-corrected chi connectivity index (χ4v) is 1.92. The van der Waals surface area contributed by atoms with E-state index in [1.54, 1.807) is 19.1 Å². The van der Waals surface area contributed by atoms with Gasteiger partial charge in [-0.05, 0) is 42.3 Å². The molecule has 0 heterocycles. The smallest absolute Gasteiger partial charge is 0.319 e. The van der Waals surface area contributed by atoms with Gasteiger partial charge in [0.1, 0.15) is 5.82 Å². The summed E-state index contributed by atoms with van der Waals surface area (Å²) >= 11 is 5.99. The van der Waals surface area contributed by atoms with Gasteiger partial charge in [0.2, 0.25) is 0 Å². The molecular formula is C15H14ClFN2O. The van der Waals surface area contributed by atoms with Gasteiger partial charge in [-0.15, -0.1) is 0 Å². The zero-order valence-electron chi connectivity index (χ0n) is 10.9. The highest BCUT2D eigenvalue weighted by Gasteiger charge is 2.05. The topological polar surface area (TPSA) is 41.1 Å². The maximum absolute atomic E-state index is 13.1. The molecule has 0 fully saturated rings. The van der Waals surface area contributed by atoms with E-state index in [-0.39, 0.29) is 11.8 Å². The molecule has 2 rings (SSSR count). The van der Waals surface area contributed by atoms with Gasteiger partial charge >= 0.3 is 6.03 Å². The van der Waals surface area contributed by atoms with E-state index in [9.17, 15) is 9.18 Å². The number of amides is 2. The first-order valence-corrected chi connectivity index (χ1v) is 6.48. The van der Waals surface area contributed by atoms with Crippen LogP contribution in [0.2, 0.25) is 5.02 Å². The predicted molar refractivity (Wildman–Crippen MR) is 78.4 cm³/mol. The van der Waals surface area contributed by atoms with Gasteiger partial charge in [-0.1, -0.05) is 29.8 Å². The molecule has 104 valence electrons. The summed E-state index contributed by atoms with van der Waals surface area (Å²) in [7, 11) is 0. The summed E-state index contributed by atoms with van der Waals surface area (Å²) in [4.78, 5) is 11.7. The first-order chi connectivity index (χ1) is 9.56. The first kappa shape index (κ1) is 14.3. The molecule has 3 nitrogen and oxygen atoms in total. The molecule has 2 amide bonds. The molecule has 0 aliphatic carbocycles. The van der Waals surface area contributed by atoms with Crippen LogP contribution in [0.5, 0.6) is 0 Å². The number of urea groups is 1. The first-order valence-electron chi connectivity index (χ1n) is 6.10. The fraction of sp³-hybridized carbons (Fsp3) is 0.133. The predicted octanol–water partition coefficient (Wildman–Crippen LogP) is 4.11. The minimum Gasteiger partial charge on any atom is -0.334 e. The van der Waals surface area contributed by atoms with Crippen LogP contribution in [0, 0.1) is 12.7 Å². The van der Waals surface area contributed by atoms with Crippen LogP contribution in [-0.4, -0.2) is 6.03 Å². The SMILES string of the molecule is Cc1cc(NC(=O)NCc2ccccc2Cl)ccc1F. The van der Waals surface area contributed by atoms with Crippen molar-refractivity contribution in [1.29, 1.82) is 0 Å². The van der Waals surface area contributed by atoms with Gasteiger partial charge in [0.25, 0.3) is 0 Å². The summed E-state index contributed by atoms with van der Waals surface area (Å²) in [5.74, 6) is -0.299. The van der Waals surface area contributed by atoms with E-state index < -0.39 is 0 Å². The summed E-state index contributed by atoms with van der Waals surface area (Å²) < 4.78 is 13.1. The second kappa shape index (κ2) is 6.39. The van der Waals surface area contributed by atoms with Crippen LogP contribution in [-0.2, 0) is 6.54 Å². The summed E-state index contributed by atoms with van der Waals surface area (Å²) in [6, 6.07) is 11.3. The lowest BCUT2D eigenvalue weighted by molar-refractivity contribution is 0.251. The minimum atomic E-state index is -0.365. The van der Waals surface area contributed by atoms with E-state index in [4.69, 9.17) is 11.6 Å². The number of benzene rings is 2. The van der Waals surface area contributed by atoms with Gasteiger partial charge in [-0.25, -0.2) is 9.18 Å². The zero-order chi connectivity index (χ0) is 14.5. The third-order valence-electron chi connectivity index (χ3n) is 2.81. The highest BCUT2D eigenvalue weighted by Crippen LogP contribution is 2.15. The van der Waals surface area contributed by atoms with Crippen molar-refractivity contribution in [2.45, 2.75) is 13.5 Å². The quantitative estimate of drug-likeness (QED) is 0.878. The van der Waals surface area contributed by atoms with Crippen LogP contribution in [0.3, 0.4) is 0 Å². The third-order valence-corrected chi connectivity index (χ3v) is 3.18. The largest absolute Gasteiger partial charge is 0.334 e. The Hall–Kier alpha value is -2.07. The van der Waals surface area contributed by atoms with E-state index >= 15 is 0 Å². The highest BCUT2D eigenvalue weighted by atomic mass is 35.5. The van der Waals surface area contributed by atoms with Crippen LogP contribution in [0.1, 0.15) is 11.1 Å². The molecule has 0 saturated heterocycles. The number of anilines is 1. The summed E-state index contributed by atoms with van der Waals surface area (Å²) in [6.07, 6.45) is 0. The Bertz CT molecular complexity index is 631. The molecule has 0 unspecified atom stereocenters. The molecule has 2 aromatic rings. The number of hydrogen-bond donors (Lipinski definition) is 2. The lowest BCUT2D eigenvalue weighted by Gasteiger charge is -2.09. The molecule has 0 aliphatic heterocycles. The fourth-order valence-electron chi connectivity index (χ4n) is 1.72. The highest BCUT2D eigenvalue weighted by molar-refractivity contribution is 6.31. The van der Waals surface area contributed by atoms with Crippen LogP contribution >= 0.6 is 11.6 Å².